The zero-order chi connectivity index (χ0) is 8.43. The molecule has 1 nitrogen and oxygen atoms in total. The normalized spacial score (nSPS) is 9.27. The molecule has 1 rings (SSSR count). The summed E-state index contributed by atoms with van der Waals surface area (Å²) in [5.41, 5.74) is 2.83. The number of aryl methyl sites for hydroxylation is 1. The van der Waals surface area contributed by atoms with Gasteiger partial charge in [-0.15, -0.1) is 0 Å². The lowest BCUT2D eigenvalue weighted by molar-refractivity contribution is 1.30. The highest BCUT2D eigenvalue weighted by Crippen LogP contribution is 2.21. The first-order valence-corrected chi connectivity index (χ1v) is 4.12. The van der Waals surface area contributed by atoms with E-state index in [-0.39, 0.29) is 0 Å². The van der Waals surface area contributed by atoms with E-state index in [1.807, 2.05) is 26.0 Å². The van der Waals surface area contributed by atoms with Crippen LogP contribution in [-0.2, 0) is 0 Å². The number of hydrogen-bond acceptors (Lipinski definition) is 1. The predicted octanol–water partition coefficient (Wildman–Crippen LogP) is 2.94. The zero-order valence-corrected chi connectivity index (χ0v) is 8.07. The molecular formula is C9H8BrN. The molecule has 0 aliphatic rings. The van der Waals surface area contributed by atoms with Gasteiger partial charge in [0.25, 0.3) is 0 Å². The molecule has 0 fully saturated rings. The predicted molar refractivity (Wildman–Crippen MR) is 48.3 cm³/mol. The average Bonchev–Trinajstić information content (AvgIpc) is 1.99. The standard InChI is InChI=1S/C9H8BrN/c1-6-3-4-9(10)7(2)8(6)5-11/h3-4H,1-2H3. The van der Waals surface area contributed by atoms with Crippen molar-refractivity contribution in [1.82, 2.24) is 0 Å². The lowest BCUT2D eigenvalue weighted by atomic mass is 10.0. The van der Waals surface area contributed by atoms with Gasteiger partial charge in [-0.2, -0.15) is 5.26 Å². The van der Waals surface area contributed by atoms with E-state index in [9.17, 15) is 0 Å². The fourth-order valence-electron chi connectivity index (χ4n) is 0.994. The summed E-state index contributed by atoms with van der Waals surface area (Å²) in [6.07, 6.45) is 0. The van der Waals surface area contributed by atoms with Crippen molar-refractivity contribution in [3.8, 4) is 6.07 Å². The van der Waals surface area contributed by atoms with Crippen LogP contribution in [0.2, 0.25) is 0 Å². The summed E-state index contributed by atoms with van der Waals surface area (Å²) in [5, 5.41) is 8.75. The summed E-state index contributed by atoms with van der Waals surface area (Å²) in [6, 6.07) is 6.08. The Morgan fingerprint density at radius 1 is 1.36 bits per heavy atom. The Morgan fingerprint density at radius 3 is 2.45 bits per heavy atom. The molecule has 0 aliphatic carbocycles. The highest BCUT2D eigenvalue weighted by Gasteiger charge is 2.03. The van der Waals surface area contributed by atoms with Crippen molar-refractivity contribution in [2.75, 3.05) is 0 Å². The van der Waals surface area contributed by atoms with Gasteiger partial charge in [0.1, 0.15) is 0 Å². The van der Waals surface area contributed by atoms with Crippen LogP contribution in [-0.4, -0.2) is 0 Å². The van der Waals surface area contributed by atoms with Crippen molar-refractivity contribution in [2.45, 2.75) is 13.8 Å². The van der Waals surface area contributed by atoms with Gasteiger partial charge in [-0.25, -0.2) is 0 Å². The summed E-state index contributed by atoms with van der Waals surface area (Å²) in [7, 11) is 0. The Morgan fingerprint density at radius 2 is 2.00 bits per heavy atom. The Bertz CT molecular complexity index is 323. The van der Waals surface area contributed by atoms with Crippen LogP contribution in [0, 0.1) is 25.2 Å². The van der Waals surface area contributed by atoms with Gasteiger partial charge in [0, 0.05) is 4.47 Å². The van der Waals surface area contributed by atoms with Crippen molar-refractivity contribution in [3.63, 3.8) is 0 Å². The molecule has 0 bridgehead atoms. The van der Waals surface area contributed by atoms with Gasteiger partial charge in [0.15, 0.2) is 0 Å². The SMILES string of the molecule is Cc1ccc(Br)c(C)c1C#N. The molecule has 0 heterocycles. The third-order valence-electron chi connectivity index (χ3n) is 1.72. The minimum Gasteiger partial charge on any atom is -0.192 e. The second-order valence-corrected chi connectivity index (χ2v) is 3.33. The summed E-state index contributed by atoms with van der Waals surface area (Å²) in [5.74, 6) is 0. The largest absolute Gasteiger partial charge is 0.192 e. The van der Waals surface area contributed by atoms with E-state index < -0.39 is 0 Å². The van der Waals surface area contributed by atoms with Crippen LogP contribution in [0.1, 0.15) is 16.7 Å². The van der Waals surface area contributed by atoms with Crippen LogP contribution in [0.5, 0.6) is 0 Å². The monoisotopic (exact) mass is 209 g/mol. The Balaban J connectivity index is 3.44. The maximum atomic E-state index is 8.75. The Labute approximate surface area is 74.8 Å². The van der Waals surface area contributed by atoms with Gasteiger partial charge in [-0.3, -0.25) is 0 Å². The maximum Gasteiger partial charge on any atom is 0.0997 e. The molecule has 0 radical (unpaired) electrons. The van der Waals surface area contributed by atoms with Crippen molar-refractivity contribution in [2.24, 2.45) is 0 Å². The second-order valence-electron chi connectivity index (χ2n) is 2.48. The zero-order valence-electron chi connectivity index (χ0n) is 6.48. The minimum absolute atomic E-state index is 0.777. The van der Waals surface area contributed by atoms with E-state index in [2.05, 4.69) is 22.0 Å². The minimum atomic E-state index is 0.777. The number of rotatable bonds is 0. The van der Waals surface area contributed by atoms with Crippen LogP contribution < -0.4 is 0 Å². The lowest BCUT2D eigenvalue weighted by Gasteiger charge is -2.02. The molecule has 0 saturated heterocycles. The smallest absolute Gasteiger partial charge is 0.0997 e. The fourth-order valence-corrected chi connectivity index (χ4v) is 1.32. The summed E-state index contributed by atoms with van der Waals surface area (Å²) in [6.45, 7) is 3.88. The van der Waals surface area contributed by atoms with Gasteiger partial charge in [0.2, 0.25) is 0 Å². The van der Waals surface area contributed by atoms with E-state index in [1.54, 1.807) is 0 Å². The summed E-state index contributed by atoms with van der Waals surface area (Å²) in [4.78, 5) is 0. The fraction of sp³-hybridized carbons (Fsp3) is 0.222. The molecule has 0 atom stereocenters. The molecule has 0 saturated carbocycles. The van der Waals surface area contributed by atoms with E-state index in [4.69, 9.17) is 5.26 Å². The number of nitrogens with zero attached hydrogens (tertiary/aromatic N) is 1. The van der Waals surface area contributed by atoms with E-state index >= 15 is 0 Å². The first-order valence-electron chi connectivity index (χ1n) is 3.32. The van der Waals surface area contributed by atoms with Crippen molar-refractivity contribution >= 4 is 15.9 Å². The van der Waals surface area contributed by atoms with E-state index in [1.165, 1.54) is 0 Å². The highest BCUT2D eigenvalue weighted by atomic mass is 79.9. The lowest BCUT2D eigenvalue weighted by Crippen LogP contribution is -1.87. The topological polar surface area (TPSA) is 23.8 Å². The maximum absolute atomic E-state index is 8.75. The first-order chi connectivity index (χ1) is 5.16. The van der Waals surface area contributed by atoms with Crippen LogP contribution in [0.3, 0.4) is 0 Å². The van der Waals surface area contributed by atoms with Crippen molar-refractivity contribution in [1.29, 1.82) is 5.26 Å². The van der Waals surface area contributed by atoms with Gasteiger partial charge in [-0.05, 0) is 31.0 Å². The first kappa shape index (κ1) is 8.29. The van der Waals surface area contributed by atoms with Crippen molar-refractivity contribution < 1.29 is 0 Å². The summed E-state index contributed by atoms with van der Waals surface area (Å²) >= 11 is 3.37. The number of hydrogen-bond donors (Lipinski definition) is 0. The van der Waals surface area contributed by atoms with Gasteiger partial charge in [0.05, 0.1) is 11.6 Å². The highest BCUT2D eigenvalue weighted by molar-refractivity contribution is 9.10. The Kier molecular flexibility index (Phi) is 2.31. The quantitative estimate of drug-likeness (QED) is 0.645. The molecule has 1 aromatic rings. The summed E-state index contributed by atoms with van der Waals surface area (Å²) < 4.78 is 1.000. The molecule has 0 spiro atoms. The molecule has 0 aromatic heterocycles. The number of nitriles is 1. The van der Waals surface area contributed by atoms with E-state index in [0.29, 0.717) is 0 Å². The van der Waals surface area contributed by atoms with Crippen LogP contribution in [0.15, 0.2) is 16.6 Å². The van der Waals surface area contributed by atoms with Gasteiger partial charge >= 0.3 is 0 Å². The average molecular weight is 210 g/mol. The molecule has 0 N–H and O–H groups in total. The Hall–Kier alpha value is -0.810. The number of halogens is 1. The molecule has 0 unspecified atom stereocenters. The van der Waals surface area contributed by atoms with Crippen LogP contribution in [0.25, 0.3) is 0 Å². The molecule has 1 aromatic carbocycles. The van der Waals surface area contributed by atoms with Crippen molar-refractivity contribution in [3.05, 3.63) is 33.3 Å². The molecule has 0 aliphatic heterocycles. The van der Waals surface area contributed by atoms with Crippen LogP contribution in [0.4, 0.5) is 0 Å². The molecule has 2 heteroatoms. The number of benzene rings is 1. The van der Waals surface area contributed by atoms with Gasteiger partial charge < -0.3 is 0 Å². The molecule has 56 valence electrons. The van der Waals surface area contributed by atoms with E-state index in [0.717, 1.165) is 21.2 Å². The van der Waals surface area contributed by atoms with Gasteiger partial charge in [-0.1, -0.05) is 22.0 Å². The molecule has 11 heavy (non-hydrogen) atoms. The third kappa shape index (κ3) is 1.44. The van der Waals surface area contributed by atoms with Crippen LogP contribution >= 0.6 is 15.9 Å². The third-order valence-corrected chi connectivity index (χ3v) is 2.58. The second kappa shape index (κ2) is 3.06. The molecule has 0 amide bonds. The molecular weight excluding hydrogens is 202 g/mol.